The first-order chi connectivity index (χ1) is 11.7. The van der Waals surface area contributed by atoms with Gasteiger partial charge in [-0.15, -0.1) is 0 Å². The normalized spacial score (nSPS) is 12.0. The van der Waals surface area contributed by atoms with Gasteiger partial charge in [0.2, 0.25) is 0 Å². The first-order valence-electron chi connectivity index (χ1n) is 8.09. The maximum atomic E-state index is 8.97. The second-order valence-corrected chi connectivity index (χ2v) is 5.67. The lowest BCUT2D eigenvalue weighted by Crippen LogP contribution is -2.17. The summed E-state index contributed by atoms with van der Waals surface area (Å²) in [5.74, 6) is 1.64. The van der Waals surface area contributed by atoms with E-state index in [1.54, 1.807) is 6.07 Å². The van der Waals surface area contributed by atoms with Gasteiger partial charge in [0.05, 0.1) is 24.3 Å². The number of nitriles is 1. The van der Waals surface area contributed by atoms with Crippen molar-refractivity contribution in [3.8, 4) is 11.8 Å². The number of hydrogen-bond acceptors (Lipinski definition) is 4. The van der Waals surface area contributed by atoms with Crippen LogP contribution in [-0.4, -0.2) is 6.61 Å². The van der Waals surface area contributed by atoms with E-state index in [9.17, 15) is 0 Å². The predicted octanol–water partition coefficient (Wildman–Crippen LogP) is 4.55. The standard InChI is InChI=1S/C20H20N2O2/c1-3-23-18-9-5-8-17-11-19(24-20(17)18)14(2)22-13-16-7-4-6-15(10-16)12-21/h4-11,14,22H,3,13H2,1-2H3. The van der Waals surface area contributed by atoms with Crippen LogP contribution in [0.15, 0.2) is 52.9 Å². The summed E-state index contributed by atoms with van der Waals surface area (Å²) in [5, 5.41) is 13.4. The van der Waals surface area contributed by atoms with Gasteiger partial charge in [0.15, 0.2) is 11.3 Å². The van der Waals surface area contributed by atoms with Gasteiger partial charge in [-0.2, -0.15) is 5.26 Å². The average molecular weight is 320 g/mol. The van der Waals surface area contributed by atoms with E-state index in [1.165, 1.54) is 0 Å². The number of nitrogens with one attached hydrogen (secondary N) is 1. The number of rotatable bonds is 6. The average Bonchev–Trinajstić information content (AvgIpc) is 3.05. The minimum atomic E-state index is 0.0534. The second kappa shape index (κ2) is 7.20. The van der Waals surface area contributed by atoms with E-state index in [-0.39, 0.29) is 6.04 Å². The highest BCUT2D eigenvalue weighted by molar-refractivity contribution is 5.83. The van der Waals surface area contributed by atoms with Crippen molar-refractivity contribution in [3.63, 3.8) is 0 Å². The van der Waals surface area contributed by atoms with Crippen LogP contribution >= 0.6 is 0 Å². The van der Waals surface area contributed by atoms with Gasteiger partial charge in [-0.05, 0) is 43.7 Å². The summed E-state index contributed by atoms with van der Waals surface area (Å²) in [6.07, 6.45) is 0. The molecule has 0 aliphatic heterocycles. The predicted molar refractivity (Wildman–Crippen MR) is 93.8 cm³/mol. The van der Waals surface area contributed by atoms with Crippen LogP contribution in [0.5, 0.6) is 5.75 Å². The fourth-order valence-electron chi connectivity index (χ4n) is 2.66. The van der Waals surface area contributed by atoms with Gasteiger partial charge < -0.3 is 14.5 Å². The van der Waals surface area contributed by atoms with Crippen LogP contribution in [0.3, 0.4) is 0 Å². The summed E-state index contributed by atoms with van der Waals surface area (Å²) in [5.41, 5.74) is 2.54. The van der Waals surface area contributed by atoms with Gasteiger partial charge >= 0.3 is 0 Å². The van der Waals surface area contributed by atoms with Crippen molar-refractivity contribution in [3.05, 3.63) is 65.4 Å². The maximum Gasteiger partial charge on any atom is 0.176 e. The van der Waals surface area contributed by atoms with Crippen LogP contribution in [0.2, 0.25) is 0 Å². The summed E-state index contributed by atoms with van der Waals surface area (Å²) >= 11 is 0. The van der Waals surface area contributed by atoms with E-state index in [0.29, 0.717) is 18.7 Å². The molecule has 0 radical (unpaired) electrons. The molecule has 1 unspecified atom stereocenters. The van der Waals surface area contributed by atoms with E-state index in [2.05, 4.69) is 18.3 Å². The van der Waals surface area contributed by atoms with Gasteiger partial charge in [-0.1, -0.05) is 24.3 Å². The zero-order valence-corrected chi connectivity index (χ0v) is 13.9. The molecule has 0 amide bonds. The minimum absolute atomic E-state index is 0.0534. The van der Waals surface area contributed by atoms with Crippen molar-refractivity contribution >= 4 is 11.0 Å². The molecule has 4 heteroatoms. The van der Waals surface area contributed by atoms with Crippen molar-refractivity contribution in [1.82, 2.24) is 5.32 Å². The molecule has 24 heavy (non-hydrogen) atoms. The number of furan rings is 1. The lowest BCUT2D eigenvalue weighted by molar-refractivity contribution is 0.336. The summed E-state index contributed by atoms with van der Waals surface area (Å²) in [4.78, 5) is 0. The van der Waals surface area contributed by atoms with Gasteiger partial charge in [0, 0.05) is 11.9 Å². The molecular formula is C20H20N2O2. The lowest BCUT2D eigenvalue weighted by Gasteiger charge is -2.11. The number of nitrogens with zero attached hydrogens (tertiary/aromatic N) is 1. The first kappa shape index (κ1) is 16.1. The minimum Gasteiger partial charge on any atom is -0.490 e. The number of fused-ring (bicyclic) bond motifs is 1. The van der Waals surface area contributed by atoms with E-state index in [0.717, 1.165) is 28.0 Å². The molecule has 0 fully saturated rings. The SMILES string of the molecule is CCOc1cccc2cc(C(C)NCc3cccc(C#N)c3)oc12. The highest BCUT2D eigenvalue weighted by atomic mass is 16.5. The smallest absolute Gasteiger partial charge is 0.176 e. The van der Waals surface area contributed by atoms with Crippen molar-refractivity contribution in [2.45, 2.75) is 26.4 Å². The molecule has 3 rings (SSSR count). The molecule has 0 spiro atoms. The Kier molecular flexibility index (Phi) is 4.83. The number of benzene rings is 2. The molecule has 0 aliphatic rings. The first-order valence-corrected chi connectivity index (χ1v) is 8.09. The quantitative estimate of drug-likeness (QED) is 0.723. The summed E-state index contributed by atoms with van der Waals surface area (Å²) in [6, 6.07) is 17.8. The molecule has 0 saturated carbocycles. The van der Waals surface area contributed by atoms with E-state index in [4.69, 9.17) is 14.4 Å². The zero-order valence-electron chi connectivity index (χ0n) is 13.9. The van der Waals surface area contributed by atoms with E-state index in [1.807, 2.05) is 49.4 Å². The van der Waals surface area contributed by atoms with Crippen molar-refractivity contribution < 1.29 is 9.15 Å². The third kappa shape index (κ3) is 3.42. The van der Waals surface area contributed by atoms with Crippen LogP contribution in [0.1, 0.15) is 36.8 Å². The fourth-order valence-corrected chi connectivity index (χ4v) is 2.66. The Morgan fingerprint density at radius 2 is 2.04 bits per heavy atom. The van der Waals surface area contributed by atoms with Crippen LogP contribution in [0.25, 0.3) is 11.0 Å². The molecule has 1 heterocycles. The highest BCUT2D eigenvalue weighted by Crippen LogP contribution is 2.31. The molecule has 1 atom stereocenters. The Morgan fingerprint density at radius 3 is 2.83 bits per heavy atom. The van der Waals surface area contributed by atoms with Crippen LogP contribution in [0.4, 0.5) is 0 Å². The molecule has 0 saturated heterocycles. The Hall–Kier alpha value is -2.77. The molecule has 0 bridgehead atoms. The molecule has 1 aromatic heterocycles. The van der Waals surface area contributed by atoms with Gasteiger partial charge in [0.1, 0.15) is 5.76 Å². The molecule has 0 aliphatic carbocycles. The topological polar surface area (TPSA) is 58.2 Å². The van der Waals surface area contributed by atoms with Crippen molar-refractivity contribution in [1.29, 1.82) is 5.26 Å². The summed E-state index contributed by atoms with van der Waals surface area (Å²) in [7, 11) is 0. The van der Waals surface area contributed by atoms with Crippen LogP contribution in [-0.2, 0) is 6.54 Å². The molecule has 4 nitrogen and oxygen atoms in total. The Bertz CT molecular complexity index is 877. The zero-order chi connectivity index (χ0) is 16.9. The summed E-state index contributed by atoms with van der Waals surface area (Å²) in [6.45, 7) is 5.30. The van der Waals surface area contributed by atoms with E-state index < -0.39 is 0 Å². The molecular weight excluding hydrogens is 300 g/mol. The molecule has 2 aromatic carbocycles. The monoisotopic (exact) mass is 320 g/mol. The van der Waals surface area contributed by atoms with Crippen molar-refractivity contribution in [2.24, 2.45) is 0 Å². The third-order valence-electron chi connectivity index (χ3n) is 3.92. The Morgan fingerprint density at radius 1 is 1.21 bits per heavy atom. The van der Waals surface area contributed by atoms with Gasteiger partial charge in [-0.3, -0.25) is 0 Å². The molecule has 122 valence electrons. The fraction of sp³-hybridized carbons (Fsp3) is 0.250. The number of ether oxygens (including phenoxy) is 1. The largest absolute Gasteiger partial charge is 0.490 e. The maximum absolute atomic E-state index is 8.97. The third-order valence-corrected chi connectivity index (χ3v) is 3.92. The second-order valence-electron chi connectivity index (χ2n) is 5.67. The van der Waals surface area contributed by atoms with Gasteiger partial charge in [-0.25, -0.2) is 0 Å². The van der Waals surface area contributed by atoms with Crippen LogP contribution in [0, 0.1) is 11.3 Å². The van der Waals surface area contributed by atoms with E-state index >= 15 is 0 Å². The van der Waals surface area contributed by atoms with Crippen LogP contribution < -0.4 is 10.1 Å². The van der Waals surface area contributed by atoms with Gasteiger partial charge in [0.25, 0.3) is 0 Å². The Labute approximate surface area is 141 Å². The lowest BCUT2D eigenvalue weighted by atomic mass is 10.1. The highest BCUT2D eigenvalue weighted by Gasteiger charge is 2.14. The number of para-hydroxylation sites is 1. The number of hydrogen-bond donors (Lipinski definition) is 1. The van der Waals surface area contributed by atoms with Crippen molar-refractivity contribution in [2.75, 3.05) is 6.61 Å². The molecule has 1 N–H and O–H groups in total. The Balaban J connectivity index is 1.75. The summed E-state index contributed by atoms with van der Waals surface area (Å²) < 4.78 is 11.6. The molecule has 3 aromatic rings.